The molecule has 0 amide bonds. The van der Waals surface area contributed by atoms with E-state index in [2.05, 4.69) is 12.1 Å². The summed E-state index contributed by atoms with van der Waals surface area (Å²) in [5.41, 5.74) is 15.0. The highest BCUT2D eigenvalue weighted by atomic mass is 16.3. The van der Waals surface area contributed by atoms with E-state index in [0.29, 0.717) is 23.3 Å². The summed E-state index contributed by atoms with van der Waals surface area (Å²) in [5.74, 6) is 0.919. The minimum absolute atomic E-state index is 0.141. The highest BCUT2D eigenvalue weighted by Gasteiger charge is 2.29. The number of aromatic hydroxyl groups is 8. The van der Waals surface area contributed by atoms with Crippen LogP contribution in [0.1, 0.15) is 177 Å². The van der Waals surface area contributed by atoms with E-state index in [-0.39, 0.29) is 46.3 Å². The molecule has 0 bridgehead atoms. The largest absolute Gasteiger partial charge is 0.508 e. The normalized spacial score (nSPS) is 14.7. The van der Waals surface area contributed by atoms with Gasteiger partial charge in [-0.2, -0.15) is 0 Å². The third kappa shape index (κ3) is 9.51. The van der Waals surface area contributed by atoms with Crippen molar-refractivity contribution in [1.82, 2.24) is 0 Å². The Morgan fingerprint density at radius 1 is 0.333 bits per heavy atom. The van der Waals surface area contributed by atoms with Crippen LogP contribution in [0.25, 0.3) is 0 Å². The minimum Gasteiger partial charge on any atom is -0.508 e. The molecule has 0 saturated heterocycles. The first-order chi connectivity index (χ1) is 31.4. The maximum Gasteiger partial charge on any atom is 0.157 e. The van der Waals surface area contributed by atoms with E-state index in [9.17, 15) is 40.9 Å². The van der Waals surface area contributed by atoms with Crippen LogP contribution >= 0.6 is 0 Å². The molecule has 348 valence electrons. The van der Waals surface area contributed by atoms with E-state index in [1.807, 2.05) is 85.7 Å². The van der Waals surface area contributed by atoms with Crippen LogP contribution in [0.4, 0.5) is 0 Å². The lowest BCUT2D eigenvalue weighted by Gasteiger charge is -2.29. The van der Waals surface area contributed by atoms with Crippen LogP contribution in [0, 0.1) is 55.4 Å². The number of phenols is 8. The lowest BCUT2D eigenvalue weighted by molar-refractivity contribution is 0.403. The molecule has 0 heterocycles. The molecule has 8 nitrogen and oxygen atoms in total. The van der Waals surface area contributed by atoms with E-state index >= 15 is 0 Å². The molecule has 2 aliphatic rings. The fraction of sp³-hybridized carbons (Fsp3) is 0.379. The smallest absolute Gasteiger partial charge is 0.157 e. The van der Waals surface area contributed by atoms with Crippen LogP contribution < -0.4 is 0 Å². The van der Waals surface area contributed by atoms with Crippen molar-refractivity contribution in [3.05, 3.63) is 162 Å². The standard InChI is InChI=1S/C33H40O4.C25H28O4/c1-20-15-30(35)27(22-9-5-3-6-10-22)18-25(20)33(24-13-14-29(34)32(37)17-24)26-19-28(31(36)16-21(26)2)23-11-7-4-8-12-23;1-12-9-19(14(3)16(5)24(12)28)23(18-7-8-21(26)22(27)11-18)20-10-13(2)25(29)17(6)15(20)4/h13-19,22-23,33-37H,3-12H2,1-2H3;7-11,23,26-29H,1-6H3. The van der Waals surface area contributed by atoms with Gasteiger partial charge in [0.05, 0.1) is 0 Å². The lowest BCUT2D eigenvalue weighted by Crippen LogP contribution is -2.12. The van der Waals surface area contributed by atoms with E-state index in [4.69, 9.17) is 0 Å². The Balaban J connectivity index is 0.000000203. The quantitative estimate of drug-likeness (QED) is 0.0553. The number of phenolic OH excluding ortho intramolecular Hbond substituents is 8. The van der Waals surface area contributed by atoms with Gasteiger partial charge < -0.3 is 40.9 Å². The number of aryl methyl sites for hydroxylation is 4. The van der Waals surface area contributed by atoms with E-state index in [0.717, 1.165) is 115 Å². The van der Waals surface area contributed by atoms with E-state index in [1.165, 1.54) is 44.6 Å². The first kappa shape index (κ1) is 47.7. The van der Waals surface area contributed by atoms with Crippen LogP contribution in [0.5, 0.6) is 46.0 Å². The third-order valence-electron chi connectivity index (χ3n) is 15.0. The van der Waals surface area contributed by atoms with Crippen molar-refractivity contribution in [2.45, 2.75) is 143 Å². The Kier molecular flexibility index (Phi) is 14.2. The Morgan fingerprint density at radius 3 is 1.03 bits per heavy atom. The van der Waals surface area contributed by atoms with Crippen LogP contribution in [0.2, 0.25) is 0 Å². The molecule has 2 saturated carbocycles. The molecule has 8 heteroatoms. The highest BCUT2D eigenvalue weighted by Crippen LogP contribution is 2.48. The zero-order valence-corrected chi connectivity index (χ0v) is 39.9. The van der Waals surface area contributed by atoms with Crippen LogP contribution in [0.15, 0.2) is 72.8 Å². The van der Waals surface area contributed by atoms with Crippen LogP contribution in [0.3, 0.4) is 0 Å². The van der Waals surface area contributed by atoms with Gasteiger partial charge in [-0.3, -0.25) is 0 Å². The van der Waals surface area contributed by atoms with Gasteiger partial charge in [-0.1, -0.05) is 74.9 Å². The van der Waals surface area contributed by atoms with Gasteiger partial charge in [-0.15, -0.1) is 0 Å². The summed E-state index contributed by atoms with van der Waals surface area (Å²) in [7, 11) is 0. The lowest BCUT2D eigenvalue weighted by atomic mass is 9.76. The Bertz CT molecular complexity index is 2620. The van der Waals surface area contributed by atoms with Crippen molar-refractivity contribution < 1.29 is 40.9 Å². The number of benzene rings is 6. The van der Waals surface area contributed by atoms with Crippen molar-refractivity contribution in [2.24, 2.45) is 0 Å². The van der Waals surface area contributed by atoms with Crippen molar-refractivity contribution in [1.29, 1.82) is 0 Å². The fourth-order valence-electron chi connectivity index (χ4n) is 10.8. The topological polar surface area (TPSA) is 162 Å². The van der Waals surface area contributed by atoms with Crippen LogP contribution in [-0.4, -0.2) is 40.9 Å². The maximum absolute atomic E-state index is 11.0. The van der Waals surface area contributed by atoms with Gasteiger partial charge in [0.25, 0.3) is 0 Å². The molecule has 8 rings (SSSR count). The summed E-state index contributed by atoms with van der Waals surface area (Å²) in [6, 6.07) is 22.0. The Labute approximate surface area is 390 Å². The molecule has 0 spiro atoms. The zero-order valence-electron chi connectivity index (χ0n) is 39.9. The van der Waals surface area contributed by atoms with Crippen molar-refractivity contribution in [3.8, 4) is 46.0 Å². The predicted molar refractivity (Wildman–Crippen MR) is 263 cm³/mol. The third-order valence-corrected chi connectivity index (χ3v) is 15.0. The van der Waals surface area contributed by atoms with Crippen molar-refractivity contribution in [2.75, 3.05) is 0 Å². The van der Waals surface area contributed by atoms with E-state index in [1.54, 1.807) is 24.3 Å². The molecule has 0 radical (unpaired) electrons. The monoisotopic (exact) mass is 892 g/mol. The molecule has 0 unspecified atom stereocenters. The van der Waals surface area contributed by atoms with Gasteiger partial charge in [0.2, 0.25) is 0 Å². The second kappa shape index (κ2) is 19.7. The van der Waals surface area contributed by atoms with Crippen LogP contribution in [-0.2, 0) is 0 Å². The number of hydrogen-bond donors (Lipinski definition) is 8. The first-order valence-corrected chi connectivity index (χ1v) is 23.7. The molecular formula is C58H68O8. The van der Waals surface area contributed by atoms with Crippen molar-refractivity contribution >= 4 is 0 Å². The zero-order chi connectivity index (χ0) is 47.7. The highest BCUT2D eigenvalue weighted by molar-refractivity contribution is 5.61. The Morgan fingerprint density at radius 2 is 0.682 bits per heavy atom. The molecular weight excluding hydrogens is 825 g/mol. The second-order valence-corrected chi connectivity index (χ2v) is 19.3. The summed E-state index contributed by atoms with van der Waals surface area (Å²) in [5, 5.41) is 83.2. The molecule has 0 aromatic heterocycles. The summed E-state index contributed by atoms with van der Waals surface area (Å²) in [6.07, 6.45) is 11.6. The summed E-state index contributed by atoms with van der Waals surface area (Å²) in [6.45, 7) is 15.6. The number of rotatable bonds is 8. The van der Waals surface area contributed by atoms with Crippen molar-refractivity contribution in [3.63, 3.8) is 0 Å². The Hall–Kier alpha value is -6.28. The maximum atomic E-state index is 11.0. The van der Waals surface area contributed by atoms with Gasteiger partial charge in [-0.05, 0) is 218 Å². The molecule has 0 atom stereocenters. The SMILES string of the molecule is Cc1cc(C(c2ccc(O)c(O)c2)c2cc(C)c(O)c(C)c2C)c(C)c(C)c1O.Cc1cc(O)c(C2CCCCC2)cc1C(c1ccc(O)c(O)c1)c1cc(C2CCCCC2)c(O)cc1C. The fourth-order valence-corrected chi connectivity index (χ4v) is 10.8. The van der Waals surface area contributed by atoms with Gasteiger partial charge in [0.15, 0.2) is 23.0 Å². The van der Waals surface area contributed by atoms with Gasteiger partial charge in [0, 0.05) is 11.8 Å². The van der Waals surface area contributed by atoms with E-state index < -0.39 is 0 Å². The summed E-state index contributed by atoms with van der Waals surface area (Å²) in [4.78, 5) is 0. The molecule has 6 aromatic rings. The molecule has 2 aliphatic carbocycles. The molecule has 0 aliphatic heterocycles. The average molecular weight is 893 g/mol. The molecule has 8 N–H and O–H groups in total. The number of hydrogen-bond acceptors (Lipinski definition) is 8. The molecule has 6 aromatic carbocycles. The molecule has 66 heavy (non-hydrogen) atoms. The first-order valence-electron chi connectivity index (χ1n) is 23.7. The van der Waals surface area contributed by atoms with Gasteiger partial charge in [0.1, 0.15) is 23.0 Å². The predicted octanol–water partition coefficient (Wildman–Crippen LogP) is 13.9. The average Bonchev–Trinajstić information content (AvgIpc) is 3.30. The summed E-state index contributed by atoms with van der Waals surface area (Å²) >= 11 is 0. The minimum atomic E-state index is -0.238. The second-order valence-electron chi connectivity index (χ2n) is 19.3. The summed E-state index contributed by atoms with van der Waals surface area (Å²) < 4.78 is 0. The molecule has 2 fully saturated rings. The van der Waals surface area contributed by atoms with Gasteiger partial charge in [-0.25, -0.2) is 0 Å². The van der Waals surface area contributed by atoms with Gasteiger partial charge >= 0.3 is 0 Å².